The number of aromatic nitrogens is 4. The number of carbonyl (C=O) groups is 1. The molecule has 3 N–H and O–H groups in total. The van der Waals surface area contributed by atoms with Crippen molar-refractivity contribution in [1.82, 2.24) is 24.9 Å². The van der Waals surface area contributed by atoms with Crippen molar-refractivity contribution in [2.75, 3.05) is 5.73 Å². The van der Waals surface area contributed by atoms with Crippen LogP contribution in [-0.2, 0) is 11.2 Å². The van der Waals surface area contributed by atoms with E-state index in [9.17, 15) is 9.18 Å². The number of fused-ring (bicyclic) bond motifs is 1. The molecule has 0 bridgehead atoms. The fourth-order valence-corrected chi connectivity index (χ4v) is 2.84. The maximum atomic E-state index is 13.8. The number of nitrogens with zero attached hydrogens (tertiary/aromatic N) is 4. The highest BCUT2D eigenvalue weighted by molar-refractivity contribution is 5.79. The van der Waals surface area contributed by atoms with Crippen LogP contribution < -0.4 is 11.1 Å². The third-order valence-corrected chi connectivity index (χ3v) is 4.15. The number of aryl methyl sites for hydroxylation is 2. The molecule has 1 amide bonds. The highest BCUT2D eigenvalue weighted by Crippen LogP contribution is 2.18. The molecular formula is C17H19FN6O. The molecule has 0 saturated heterocycles. The van der Waals surface area contributed by atoms with Gasteiger partial charge in [0.05, 0.1) is 12.5 Å². The SMILES string of the molecule is Cc1nc2nc(N)nn2c(C)c1CC(=O)N[C@@H](C)c1ccccc1F. The Morgan fingerprint density at radius 2 is 2.04 bits per heavy atom. The van der Waals surface area contributed by atoms with Gasteiger partial charge in [-0.15, -0.1) is 5.10 Å². The van der Waals surface area contributed by atoms with Gasteiger partial charge in [-0.25, -0.2) is 9.37 Å². The van der Waals surface area contributed by atoms with Gasteiger partial charge in [-0.05, 0) is 26.8 Å². The van der Waals surface area contributed by atoms with Crippen LogP contribution in [0.1, 0.15) is 35.5 Å². The molecule has 0 aliphatic rings. The van der Waals surface area contributed by atoms with E-state index in [-0.39, 0.29) is 24.1 Å². The Labute approximate surface area is 144 Å². The van der Waals surface area contributed by atoms with Crippen molar-refractivity contribution in [3.63, 3.8) is 0 Å². The summed E-state index contributed by atoms with van der Waals surface area (Å²) >= 11 is 0. The number of nitrogens with one attached hydrogen (secondary N) is 1. The van der Waals surface area contributed by atoms with Gasteiger partial charge in [0.1, 0.15) is 5.82 Å². The Kier molecular flexibility index (Phi) is 4.35. The summed E-state index contributed by atoms with van der Waals surface area (Å²) in [5, 5.41) is 6.90. The molecule has 3 aromatic rings. The zero-order valence-electron chi connectivity index (χ0n) is 14.2. The second-order valence-corrected chi connectivity index (χ2v) is 5.93. The number of rotatable bonds is 4. The average molecular weight is 342 g/mol. The fourth-order valence-electron chi connectivity index (χ4n) is 2.84. The Morgan fingerprint density at radius 1 is 1.32 bits per heavy atom. The zero-order valence-corrected chi connectivity index (χ0v) is 14.2. The maximum Gasteiger partial charge on any atom is 0.254 e. The van der Waals surface area contributed by atoms with E-state index in [0.29, 0.717) is 17.0 Å². The number of carbonyl (C=O) groups excluding carboxylic acids is 1. The first kappa shape index (κ1) is 16.8. The smallest absolute Gasteiger partial charge is 0.254 e. The topological polar surface area (TPSA) is 98.2 Å². The summed E-state index contributed by atoms with van der Waals surface area (Å²) < 4.78 is 15.3. The number of anilines is 1. The van der Waals surface area contributed by atoms with Crippen molar-refractivity contribution < 1.29 is 9.18 Å². The Balaban J connectivity index is 1.81. The van der Waals surface area contributed by atoms with E-state index in [1.54, 1.807) is 32.0 Å². The molecule has 130 valence electrons. The lowest BCUT2D eigenvalue weighted by Gasteiger charge is -2.16. The third-order valence-electron chi connectivity index (χ3n) is 4.15. The van der Waals surface area contributed by atoms with E-state index < -0.39 is 6.04 Å². The number of hydrogen-bond donors (Lipinski definition) is 2. The van der Waals surface area contributed by atoms with Crippen LogP contribution in [0.4, 0.5) is 10.3 Å². The molecule has 0 aliphatic heterocycles. The van der Waals surface area contributed by atoms with Crippen molar-refractivity contribution in [3.8, 4) is 0 Å². The molecule has 1 aromatic carbocycles. The first-order valence-electron chi connectivity index (χ1n) is 7.89. The summed E-state index contributed by atoms with van der Waals surface area (Å²) in [7, 11) is 0. The number of nitrogen functional groups attached to an aromatic ring is 1. The number of amides is 1. The van der Waals surface area contributed by atoms with Gasteiger partial charge in [0.25, 0.3) is 5.78 Å². The Hall–Kier alpha value is -3.03. The molecule has 0 saturated carbocycles. The van der Waals surface area contributed by atoms with Gasteiger partial charge in [-0.1, -0.05) is 18.2 Å². The molecule has 8 heteroatoms. The van der Waals surface area contributed by atoms with E-state index in [1.165, 1.54) is 10.6 Å². The second kappa shape index (κ2) is 6.46. The summed E-state index contributed by atoms with van der Waals surface area (Å²) in [6.45, 7) is 5.38. The van der Waals surface area contributed by atoms with Crippen LogP contribution in [0, 0.1) is 19.7 Å². The average Bonchev–Trinajstić information content (AvgIpc) is 2.92. The lowest BCUT2D eigenvalue weighted by molar-refractivity contribution is -0.121. The monoisotopic (exact) mass is 342 g/mol. The fraction of sp³-hybridized carbons (Fsp3) is 0.294. The van der Waals surface area contributed by atoms with Crippen LogP contribution in [0.3, 0.4) is 0 Å². The number of halogens is 1. The molecule has 0 radical (unpaired) electrons. The summed E-state index contributed by atoms with van der Waals surface area (Å²) in [4.78, 5) is 20.8. The molecule has 1 atom stereocenters. The van der Waals surface area contributed by atoms with Gasteiger partial charge in [-0.3, -0.25) is 4.79 Å². The molecule has 0 aliphatic carbocycles. The van der Waals surface area contributed by atoms with Crippen molar-refractivity contribution in [2.45, 2.75) is 33.2 Å². The third kappa shape index (κ3) is 3.28. The van der Waals surface area contributed by atoms with Crippen LogP contribution in [0.15, 0.2) is 24.3 Å². The summed E-state index contributed by atoms with van der Waals surface area (Å²) in [5.74, 6) is -0.0406. The molecule has 2 heterocycles. The van der Waals surface area contributed by atoms with Gasteiger partial charge < -0.3 is 11.1 Å². The van der Waals surface area contributed by atoms with E-state index in [1.807, 2.05) is 6.92 Å². The van der Waals surface area contributed by atoms with Crippen LogP contribution in [0.2, 0.25) is 0 Å². The minimum atomic E-state index is -0.437. The van der Waals surface area contributed by atoms with Gasteiger partial charge in [0, 0.05) is 22.5 Å². The normalized spacial score (nSPS) is 12.3. The van der Waals surface area contributed by atoms with Crippen LogP contribution >= 0.6 is 0 Å². The van der Waals surface area contributed by atoms with Crippen molar-refractivity contribution in [1.29, 1.82) is 0 Å². The van der Waals surface area contributed by atoms with Crippen LogP contribution in [-0.4, -0.2) is 25.5 Å². The first-order valence-corrected chi connectivity index (χ1v) is 7.89. The molecule has 0 spiro atoms. The Morgan fingerprint density at radius 3 is 2.76 bits per heavy atom. The highest BCUT2D eigenvalue weighted by Gasteiger charge is 2.18. The molecule has 0 unspecified atom stereocenters. The van der Waals surface area contributed by atoms with Crippen LogP contribution in [0.25, 0.3) is 5.78 Å². The molecular weight excluding hydrogens is 323 g/mol. The minimum Gasteiger partial charge on any atom is -0.366 e. The van der Waals surface area contributed by atoms with E-state index in [2.05, 4.69) is 20.4 Å². The number of benzene rings is 1. The summed E-state index contributed by atoms with van der Waals surface area (Å²) in [6.07, 6.45) is 0.110. The lowest BCUT2D eigenvalue weighted by Crippen LogP contribution is -2.29. The number of hydrogen-bond acceptors (Lipinski definition) is 5. The summed E-state index contributed by atoms with van der Waals surface area (Å²) in [6, 6.07) is 5.95. The van der Waals surface area contributed by atoms with Crippen molar-refractivity contribution >= 4 is 17.6 Å². The van der Waals surface area contributed by atoms with Gasteiger partial charge >= 0.3 is 0 Å². The predicted octanol–water partition coefficient (Wildman–Crippen LogP) is 1.88. The van der Waals surface area contributed by atoms with Crippen LogP contribution in [0.5, 0.6) is 0 Å². The molecule has 3 rings (SSSR count). The van der Waals surface area contributed by atoms with Gasteiger partial charge in [-0.2, -0.15) is 9.50 Å². The minimum absolute atomic E-state index is 0.110. The highest BCUT2D eigenvalue weighted by atomic mass is 19.1. The zero-order chi connectivity index (χ0) is 18.1. The van der Waals surface area contributed by atoms with Crippen molar-refractivity contribution in [3.05, 3.63) is 52.6 Å². The Bertz CT molecular complexity index is 952. The van der Waals surface area contributed by atoms with Gasteiger partial charge in [0.15, 0.2) is 0 Å². The molecule has 2 aromatic heterocycles. The predicted molar refractivity (Wildman–Crippen MR) is 91.3 cm³/mol. The number of nitrogens with two attached hydrogens (primary N) is 1. The van der Waals surface area contributed by atoms with E-state index in [4.69, 9.17) is 5.73 Å². The first-order chi connectivity index (χ1) is 11.9. The largest absolute Gasteiger partial charge is 0.366 e. The quantitative estimate of drug-likeness (QED) is 0.754. The summed E-state index contributed by atoms with van der Waals surface area (Å²) in [5.41, 5.74) is 8.24. The molecule has 7 nitrogen and oxygen atoms in total. The lowest BCUT2D eigenvalue weighted by atomic mass is 10.1. The van der Waals surface area contributed by atoms with Gasteiger partial charge in [0.2, 0.25) is 11.9 Å². The molecule has 25 heavy (non-hydrogen) atoms. The van der Waals surface area contributed by atoms with Crippen molar-refractivity contribution in [2.24, 2.45) is 0 Å². The molecule has 0 fully saturated rings. The van der Waals surface area contributed by atoms with E-state index in [0.717, 1.165) is 11.3 Å². The standard InChI is InChI=1S/C17H19FN6O/c1-9(12-6-4-5-7-14(12)18)20-15(25)8-13-10(2)21-17-22-16(19)23-24(17)11(13)3/h4-7,9H,8H2,1-3H3,(H2,19,23)(H,20,25)/t9-/m0/s1. The second-order valence-electron chi connectivity index (χ2n) is 5.93. The maximum absolute atomic E-state index is 13.8. The van der Waals surface area contributed by atoms with E-state index >= 15 is 0 Å².